The highest BCUT2D eigenvalue weighted by molar-refractivity contribution is 5.95. The van der Waals surface area contributed by atoms with Crippen LogP contribution in [0.15, 0.2) is 42.0 Å². The number of aliphatic hydroxyl groups excluding tert-OH is 5. The molecule has 1 aromatic carbocycles. The second kappa shape index (κ2) is 19.3. The van der Waals surface area contributed by atoms with E-state index in [1.54, 1.807) is 63.3 Å². The molecule has 0 radical (unpaired) electrons. The molecule has 9 atom stereocenters. The maximum absolute atomic E-state index is 13.9. The molecule has 6 rings (SSSR count). The molecular formula is C42H58N2O15. The summed E-state index contributed by atoms with van der Waals surface area (Å²) < 4.78 is 35.7. The molecule has 2 saturated carbocycles. The number of rotatable bonds is 18. The van der Waals surface area contributed by atoms with Crippen LogP contribution in [0.2, 0.25) is 0 Å². The van der Waals surface area contributed by atoms with E-state index in [0.29, 0.717) is 11.1 Å². The first-order chi connectivity index (χ1) is 28.1. The number of benzene rings is 1. The summed E-state index contributed by atoms with van der Waals surface area (Å²) in [5.74, 6) is -2.36. The highest BCUT2D eigenvalue weighted by atomic mass is 16.8. The summed E-state index contributed by atoms with van der Waals surface area (Å²) in [7, 11) is 0. The van der Waals surface area contributed by atoms with Crippen LogP contribution < -0.4 is 10.6 Å². The molecule has 2 aliphatic heterocycles. The fourth-order valence-electron chi connectivity index (χ4n) is 7.73. The molecule has 5 aliphatic rings. The zero-order valence-electron chi connectivity index (χ0n) is 33.7. The Morgan fingerprint density at radius 3 is 2.34 bits per heavy atom. The fourth-order valence-corrected chi connectivity index (χ4v) is 7.73. The van der Waals surface area contributed by atoms with Crippen molar-refractivity contribution in [2.45, 2.75) is 139 Å². The highest BCUT2D eigenvalue weighted by Crippen LogP contribution is 2.59. The summed E-state index contributed by atoms with van der Waals surface area (Å²) in [5, 5.41) is 55.0. The zero-order chi connectivity index (χ0) is 42.5. The molecule has 2 saturated heterocycles. The van der Waals surface area contributed by atoms with E-state index < -0.39 is 96.8 Å². The summed E-state index contributed by atoms with van der Waals surface area (Å²) in [6.07, 6.45) is -0.423. The summed E-state index contributed by atoms with van der Waals surface area (Å²) in [6.45, 7) is 4.16. The largest absolute Gasteiger partial charge is 0.460 e. The maximum Gasteiger partial charge on any atom is 0.339 e. The lowest BCUT2D eigenvalue weighted by Gasteiger charge is -2.39. The Kier molecular flexibility index (Phi) is 14.6. The standard InChI is InChI=1S/C42H58N2O15/c1-41(2,3)58-33(48)15-14-27(21-45)44-32(47)16-17-43-38(52)24-19-29(37-30(20-24)57-42(59-37,25-10-11-25)26-12-13-26)55-39(53)28-9-5-4-7-23(28)8-6-18-54-40-36(51)35(50)34(49)31(22-46)56-40/h4-9,20,25-27,29-31,34-37,40,45-46,49-51H,10-19,21-22H2,1-3H3,(H,43,52)(H,44,47). The van der Waals surface area contributed by atoms with E-state index in [2.05, 4.69) is 10.6 Å². The second-order valence-corrected chi connectivity index (χ2v) is 16.9. The van der Waals surface area contributed by atoms with Crippen LogP contribution >= 0.6 is 0 Å². The van der Waals surface area contributed by atoms with E-state index in [0.717, 1.165) is 25.7 Å². The van der Waals surface area contributed by atoms with Crippen molar-refractivity contribution in [3.05, 3.63) is 53.1 Å². The van der Waals surface area contributed by atoms with E-state index in [9.17, 15) is 44.7 Å². The van der Waals surface area contributed by atoms with E-state index in [4.69, 9.17) is 28.4 Å². The van der Waals surface area contributed by atoms with Gasteiger partial charge in [-0.05, 0) is 70.6 Å². The van der Waals surface area contributed by atoms with Crippen LogP contribution in [0, 0.1) is 11.8 Å². The minimum Gasteiger partial charge on any atom is -0.460 e. The third-order valence-electron chi connectivity index (χ3n) is 11.0. The van der Waals surface area contributed by atoms with E-state index in [1.807, 2.05) is 0 Å². The van der Waals surface area contributed by atoms with E-state index in [-0.39, 0.29) is 62.8 Å². The number of nitrogens with one attached hydrogen (secondary N) is 2. The molecule has 326 valence electrons. The Hall–Kier alpha value is -3.78. The van der Waals surface area contributed by atoms with Gasteiger partial charge in [0, 0.05) is 43.2 Å². The molecule has 2 amide bonds. The van der Waals surface area contributed by atoms with Crippen LogP contribution in [0.4, 0.5) is 0 Å². The molecule has 9 unspecified atom stereocenters. The molecule has 17 heteroatoms. The Labute approximate surface area is 343 Å². The number of carbonyl (C=O) groups is 4. The molecule has 2 heterocycles. The van der Waals surface area contributed by atoms with Gasteiger partial charge in [0.15, 0.2) is 12.1 Å². The molecule has 0 spiro atoms. The molecule has 0 aromatic heterocycles. The van der Waals surface area contributed by atoms with Crippen molar-refractivity contribution in [2.75, 3.05) is 26.4 Å². The summed E-state index contributed by atoms with van der Waals surface area (Å²) >= 11 is 0. The molecule has 7 N–H and O–H groups in total. The average molecular weight is 831 g/mol. The lowest BCUT2D eigenvalue weighted by atomic mass is 9.91. The van der Waals surface area contributed by atoms with Crippen molar-refractivity contribution >= 4 is 29.8 Å². The predicted molar refractivity (Wildman–Crippen MR) is 207 cm³/mol. The molecule has 59 heavy (non-hydrogen) atoms. The van der Waals surface area contributed by atoms with Crippen molar-refractivity contribution in [1.82, 2.24) is 10.6 Å². The summed E-state index contributed by atoms with van der Waals surface area (Å²) in [6, 6.07) is 6.05. The van der Waals surface area contributed by atoms with Gasteiger partial charge >= 0.3 is 11.9 Å². The predicted octanol–water partition coefficient (Wildman–Crippen LogP) is 0.777. The van der Waals surface area contributed by atoms with Crippen LogP contribution in [0.5, 0.6) is 0 Å². The normalized spacial score (nSPS) is 29.6. The van der Waals surface area contributed by atoms with Gasteiger partial charge < -0.3 is 64.6 Å². The van der Waals surface area contributed by atoms with Crippen LogP contribution in [0.1, 0.15) is 88.1 Å². The molecule has 3 aliphatic carbocycles. The van der Waals surface area contributed by atoms with Crippen LogP contribution in [0.25, 0.3) is 6.08 Å². The smallest absolute Gasteiger partial charge is 0.339 e. The Morgan fingerprint density at radius 2 is 1.68 bits per heavy atom. The van der Waals surface area contributed by atoms with Crippen LogP contribution in [-0.2, 0) is 42.8 Å². The second-order valence-electron chi connectivity index (χ2n) is 16.9. The van der Waals surface area contributed by atoms with Crippen molar-refractivity contribution < 1.29 is 73.1 Å². The molecular weight excluding hydrogens is 772 g/mol. The third-order valence-corrected chi connectivity index (χ3v) is 11.0. The quantitative estimate of drug-likeness (QED) is 0.101. The number of hydrogen-bond donors (Lipinski definition) is 7. The fraction of sp³-hybridized carbons (Fsp3) is 0.667. The third kappa shape index (κ3) is 11.3. The van der Waals surface area contributed by atoms with Gasteiger partial charge in [0.1, 0.15) is 48.3 Å². The minimum absolute atomic E-state index is 0.0158. The first kappa shape index (κ1) is 44.8. The monoisotopic (exact) mass is 830 g/mol. The molecule has 1 aromatic rings. The van der Waals surface area contributed by atoms with Gasteiger partial charge in [-0.3, -0.25) is 14.4 Å². The summed E-state index contributed by atoms with van der Waals surface area (Å²) in [5.41, 5.74) is 0.377. The number of aliphatic hydroxyl groups is 5. The topological polar surface area (TPSA) is 249 Å². The van der Waals surface area contributed by atoms with Crippen LogP contribution in [-0.4, -0.2) is 142 Å². The first-order valence-electron chi connectivity index (χ1n) is 20.5. The van der Waals surface area contributed by atoms with E-state index in [1.165, 1.54) is 0 Å². The van der Waals surface area contributed by atoms with Crippen molar-refractivity contribution in [1.29, 1.82) is 0 Å². The number of ether oxygens (including phenoxy) is 6. The maximum atomic E-state index is 13.9. The number of hydrogen-bond acceptors (Lipinski definition) is 15. The number of fused-ring (bicyclic) bond motifs is 1. The molecule has 4 fully saturated rings. The van der Waals surface area contributed by atoms with Crippen molar-refractivity contribution in [3.63, 3.8) is 0 Å². The van der Waals surface area contributed by atoms with Gasteiger partial charge in [0.25, 0.3) is 0 Å². The Balaban J connectivity index is 1.07. The average Bonchev–Trinajstić information content (AvgIpc) is 4.15. The van der Waals surface area contributed by atoms with Gasteiger partial charge in [0.2, 0.25) is 11.8 Å². The van der Waals surface area contributed by atoms with Gasteiger partial charge in [-0.1, -0.05) is 30.4 Å². The number of carbonyl (C=O) groups excluding carboxylic acids is 4. The van der Waals surface area contributed by atoms with Crippen LogP contribution in [0.3, 0.4) is 0 Å². The first-order valence-corrected chi connectivity index (χ1v) is 20.5. The number of amides is 2. The SMILES string of the molecule is CC(C)(C)OC(=O)CCC(CO)NC(=O)CCNC(=O)C1=CC2OC(C3CC3)(C3CC3)OC2C(OC(=O)c2ccccc2C=CCOC2OC(CO)C(O)C(O)C2O)C1. The number of esters is 2. The van der Waals surface area contributed by atoms with Gasteiger partial charge in [-0.15, -0.1) is 0 Å². The molecule has 17 nitrogen and oxygen atoms in total. The van der Waals surface area contributed by atoms with Crippen molar-refractivity contribution in [2.24, 2.45) is 11.8 Å². The van der Waals surface area contributed by atoms with E-state index >= 15 is 0 Å². The Morgan fingerprint density at radius 1 is 0.966 bits per heavy atom. The summed E-state index contributed by atoms with van der Waals surface area (Å²) in [4.78, 5) is 52.3. The van der Waals surface area contributed by atoms with Gasteiger partial charge in [-0.25, -0.2) is 4.79 Å². The minimum atomic E-state index is -1.58. The van der Waals surface area contributed by atoms with Crippen molar-refractivity contribution in [3.8, 4) is 0 Å². The zero-order valence-corrected chi connectivity index (χ0v) is 33.7. The lowest BCUT2D eigenvalue weighted by Crippen LogP contribution is -2.59. The molecule has 0 bridgehead atoms. The lowest BCUT2D eigenvalue weighted by molar-refractivity contribution is -0.298. The highest BCUT2D eigenvalue weighted by Gasteiger charge is 2.64. The van der Waals surface area contributed by atoms with Gasteiger partial charge in [0.05, 0.1) is 31.4 Å². The van der Waals surface area contributed by atoms with Gasteiger partial charge in [-0.2, -0.15) is 0 Å². The Bertz CT molecular complexity index is 1700.